The molecule has 0 aromatic heterocycles. The summed E-state index contributed by atoms with van der Waals surface area (Å²) in [4.78, 5) is 19.5. The minimum atomic E-state index is -3.61. The van der Waals surface area contributed by atoms with Crippen molar-refractivity contribution in [1.29, 1.82) is 0 Å². The summed E-state index contributed by atoms with van der Waals surface area (Å²) in [6, 6.07) is 6.11. The van der Waals surface area contributed by atoms with Gasteiger partial charge in [0, 0.05) is 24.7 Å². The molecular formula is C18H26N4O3S. The largest absolute Gasteiger partial charge is 0.339 e. The minimum absolute atomic E-state index is 0.00196. The number of amides is 1. The van der Waals surface area contributed by atoms with Crippen LogP contribution >= 0.6 is 0 Å². The van der Waals surface area contributed by atoms with E-state index in [2.05, 4.69) is 16.6 Å². The van der Waals surface area contributed by atoms with Crippen molar-refractivity contribution in [2.45, 2.75) is 56.0 Å². The van der Waals surface area contributed by atoms with Crippen molar-refractivity contribution in [3.63, 3.8) is 0 Å². The van der Waals surface area contributed by atoms with Gasteiger partial charge < -0.3 is 10.6 Å². The average Bonchev–Trinajstić information content (AvgIpc) is 2.89. The first-order valence-electron chi connectivity index (χ1n) is 9.16. The molecular weight excluding hydrogens is 352 g/mol. The van der Waals surface area contributed by atoms with E-state index in [9.17, 15) is 13.2 Å². The zero-order valence-corrected chi connectivity index (χ0v) is 15.8. The van der Waals surface area contributed by atoms with Crippen molar-refractivity contribution >= 4 is 21.8 Å². The van der Waals surface area contributed by atoms with E-state index in [-0.39, 0.29) is 22.7 Å². The molecule has 1 fully saturated rings. The number of aliphatic imine (C=N–C) groups is 1. The molecule has 0 aliphatic carbocycles. The lowest BCUT2D eigenvalue weighted by Gasteiger charge is -2.32. The molecule has 0 radical (unpaired) electrons. The number of benzene rings is 1. The monoisotopic (exact) mass is 378 g/mol. The van der Waals surface area contributed by atoms with Crippen LogP contribution in [0.3, 0.4) is 0 Å². The molecule has 3 rings (SSSR count). The van der Waals surface area contributed by atoms with Gasteiger partial charge in [-0.05, 0) is 31.4 Å². The van der Waals surface area contributed by atoms with E-state index in [1.54, 1.807) is 29.2 Å². The second-order valence-electron chi connectivity index (χ2n) is 6.92. The molecule has 8 heteroatoms. The smallest absolute Gasteiger partial charge is 0.263 e. The zero-order chi connectivity index (χ0) is 18.7. The summed E-state index contributed by atoms with van der Waals surface area (Å²) in [5.74, 6) is 0.195. The fraction of sp³-hybridized carbons (Fsp3) is 0.556. The quantitative estimate of drug-likeness (QED) is 0.804. The van der Waals surface area contributed by atoms with Crippen LogP contribution in [-0.2, 0) is 14.8 Å². The van der Waals surface area contributed by atoms with Gasteiger partial charge in [-0.3, -0.25) is 14.5 Å². The summed E-state index contributed by atoms with van der Waals surface area (Å²) in [6.45, 7) is 3.27. The minimum Gasteiger partial charge on any atom is -0.339 e. The molecule has 0 bridgehead atoms. The molecule has 0 spiro atoms. The molecule has 2 heterocycles. The molecule has 1 aromatic carbocycles. The summed E-state index contributed by atoms with van der Waals surface area (Å²) >= 11 is 0. The van der Waals surface area contributed by atoms with Gasteiger partial charge in [-0.25, -0.2) is 8.42 Å². The van der Waals surface area contributed by atoms with E-state index in [1.165, 1.54) is 0 Å². The number of piperidine rings is 1. The molecule has 1 saturated heterocycles. The molecule has 2 aliphatic heterocycles. The Morgan fingerprint density at radius 1 is 1.42 bits per heavy atom. The van der Waals surface area contributed by atoms with Gasteiger partial charge in [0.25, 0.3) is 10.0 Å². The number of unbranched alkanes of at least 4 members (excludes halogenated alkanes) is 1. The van der Waals surface area contributed by atoms with Crippen LogP contribution in [0.1, 0.15) is 44.6 Å². The topological polar surface area (TPSA) is 105 Å². The van der Waals surface area contributed by atoms with Crippen LogP contribution in [0.4, 0.5) is 0 Å². The predicted octanol–water partition coefficient (Wildman–Crippen LogP) is 1.23. The van der Waals surface area contributed by atoms with Gasteiger partial charge in [-0.15, -0.1) is 0 Å². The Morgan fingerprint density at radius 2 is 2.19 bits per heavy atom. The van der Waals surface area contributed by atoms with Crippen LogP contribution in [0.15, 0.2) is 34.2 Å². The molecule has 1 aromatic rings. The van der Waals surface area contributed by atoms with E-state index in [0.717, 1.165) is 25.7 Å². The Hall–Kier alpha value is -1.93. The van der Waals surface area contributed by atoms with Gasteiger partial charge in [0.2, 0.25) is 5.91 Å². The van der Waals surface area contributed by atoms with Crippen LogP contribution in [0.2, 0.25) is 0 Å². The van der Waals surface area contributed by atoms with Gasteiger partial charge in [-0.1, -0.05) is 31.9 Å². The molecule has 2 aliphatic rings. The van der Waals surface area contributed by atoms with Crippen molar-refractivity contribution < 1.29 is 13.2 Å². The zero-order valence-electron chi connectivity index (χ0n) is 15.0. The highest BCUT2D eigenvalue weighted by atomic mass is 32.2. The summed E-state index contributed by atoms with van der Waals surface area (Å²) < 4.78 is 27.0. The van der Waals surface area contributed by atoms with Gasteiger partial charge in [-0.2, -0.15) is 0 Å². The van der Waals surface area contributed by atoms with E-state index < -0.39 is 16.1 Å². The lowest BCUT2D eigenvalue weighted by Crippen LogP contribution is -2.49. The van der Waals surface area contributed by atoms with E-state index in [4.69, 9.17) is 5.73 Å². The molecule has 2 unspecified atom stereocenters. The first kappa shape index (κ1) is 18.8. The average molecular weight is 378 g/mol. The first-order valence-corrected chi connectivity index (χ1v) is 10.6. The summed E-state index contributed by atoms with van der Waals surface area (Å²) in [6.07, 6.45) is 4.19. The van der Waals surface area contributed by atoms with Crippen LogP contribution in [0, 0.1) is 0 Å². The van der Waals surface area contributed by atoms with Gasteiger partial charge in [0.05, 0.1) is 4.90 Å². The van der Waals surface area contributed by atoms with Crippen molar-refractivity contribution in [2.24, 2.45) is 10.7 Å². The molecule has 26 heavy (non-hydrogen) atoms. The molecule has 2 atom stereocenters. The number of carbonyl (C=O) groups is 1. The number of nitrogens with two attached hydrogens (primary N) is 1. The van der Waals surface area contributed by atoms with Gasteiger partial charge in [0.15, 0.2) is 0 Å². The standard InChI is InChI=1S/C18H26N4O3S/c1-2-3-9-15(18(23)22-11-6-7-13(19)12-22)20-17-14-8-4-5-10-16(14)26(24,25)21-17/h4-5,8,10,13,15H,2-3,6-7,9,11-12,19H2,1H3,(H,20,21). The van der Waals surface area contributed by atoms with E-state index in [1.807, 2.05) is 0 Å². The predicted molar refractivity (Wildman–Crippen MR) is 100 cm³/mol. The maximum absolute atomic E-state index is 13.0. The summed E-state index contributed by atoms with van der Waals surface area (Å²) in [5, 5.41) is 0. The molecule has 3 N–H and O–H groups in total. The number of hydrogen-bond donors (Lipinski definition) is 2. The second kappa shape index (κ2) is 7.75. The summed E-state index contributed by atoms with van der Waals surface area (Å²) in [5.41, 5.74) is 6.53. The number of sulfonamides is 1. The van der Waals surface area contributed by atoms with Crippen molar-refractivity contribution in [3.8, 4) is 0 Å². The highest BCUT2D eigenvalue weighted by molar-refractivity contribution is 7.90. The van der Waals surface area contributed by atoms with Crippen molar-refractivity contribution in [3.05, 3.63) is 29.8 Å². The van der Waals surface area contributed by atoms with Crippen LogP contribution in [0.5, 0.6) is 0 Å². The number of rotatable bonds is 5. The Labute approximate surface area is 154 Å². The first-order chi connectivity index (χ1) is 12.4. The Balaban J connectivity index is 1.89. The second-order valence-corrected chi connectivity index (χ2v) is 8.57. The fourth-order valence-electron chi connectivity index (χ4n) is 3.45. The third-order valence-corrected chi connectivity index (χ3v) is 6.23. The number of amidine groups is 1. The Kier molecular flexibility index (Phi) is 5.62. The highest BCUT2D eigenvalue weighted by Gasteiger charge is 2.33. The van der Waals surface area contributed by atoms with Crippen molar-refractivity contribution in [1.82, 2.24) is 9.62 Å². The van der Waals surface area contributed by atoms with Crippen LogP contribution in [-0.4, -0.2) is 50.2 Å². The number of hydrogen-bond acceptors (Lipinski definition) is 5. The van der Waals surface area contributed by atoms with Gasteiger partial charge in [0.1, 0.15) is 11.9 Å². The maximum atomic E-state index is 13.0. The van der Waals surface area contributed by atoms with Crippen LogP contribution in [0.25, 0.3) is 0 Å². The molecule has 7 nitrogen and oxygen atoms in total. The van der Waals surface area contributed by atoms with Crippen molar-refractivity contribution in [2.75, 3.05) is 13.1 Å². The Bertz CT molecular complexity index is 806. The highest BCUT2D eigenvalue weighted by Crippen LogP contribution is 2.24. The number of carbonyl (C=O) groups excluding carboxylic acids is 1. The normalized spacial score (nSPS) is 24.2. The lowest BCUT2D eigenvalue weighted by molar-refractivity contribution is -0.133. The SMILES string of the molecule is CCCCC(N=C1NS(=O)(=O)c2ccccc21)C(=O)N1CCCC(N)C1. The van der Waals surface area contributed by atoms with E-state index in [0.29, 0.717) is 25.1 Å². The Morgan fingerprint density at radius 3 is 2.92 bits per heavy atom. The fourth-order valence-corrected chi connectivity index (χ4v) is 4.69. The summed E-state index contributed by atoms with van der Waals surface area (Å²) in [7, 11) is -3.61. The van der Waals surface area contributed by atoms with Crippen LogP contribution < -0.4 is 10.5 Å². The number of nitrogens with one attached hydrogen (secondary N) is 1. The number of fused-ring (bicyclic) bond motifs is 1. The molecule has 1 amide bonds. The third kappa shape index (κ3) is 3.91. The maximum Gasteiger partial charge on any atom is 0.263 e. The van der Waals surface area contributed by atoms with E-state index >= 15 is 0 Å². The number of likely N-dealkylation sites (tertiary alicyclic amines) is 1. The molecule has 0 saturated carbocycles. The lowest BCUT2D eigenvalue weighted by atomic mass is 10.0. The number of nitrogens with zero attached hydrogens (tertiary/aromatic N) is 2. The van der Waals surface area contributed by atoms with Gasteiger partial charge >= 0.3 is 0 Å². The third-order valence-electron chi connectivity index (χ3n) is 4.83. The molecule has 142 valence electrons.